The van der Waals surface area contributed by atoms with Gasteiger partial charge in [0, 0.05) is 10.5 Å². The third-order valence-electron chi connectivity index (χ3n) is 3.33. The first-order valence-electron chi connectivity index (χ1n) is 7.05. The van der Waals surface area contributed by atoms with E-state index in [9.17, 15) is 8.42 Å². The van der Waals surface area contributed by atoms with Gasteiger partial charge >= 0.3 is 0 Å². The largest absolute Gasteiger partial charge is 0.493 e. The number of ether oxygens (including phenoxy) is 2. The molecule has 0 atom stereocenters. The van der Waals surface area contributed by atoms with Crippen molar-refractivity contribution < 1.29 is 17.9 Å². The Balaban J connectivity index is 2.54. The van der Waals surface area contributed by atoms with Crippen LogP contribution in [0.15, 0.2) is 64.5 Å². The molecule has 5 nitrogen and oxygen atoms in total. The maximum absolute atomic E-state index is 13.1. The molecule has 0 aliphatic rings. The lowest BCUT2D eigenvalue weighted by Gasteiger charge is -2.23. The van der Waals surface area contributed by atoms with E-state index in [0.717, 1.165) is 4.47 Å². The van der Waals surface area contributed by atoms with Crippen molar-refractivity contribution in [2.45, 2.75) is 4.90 Å². The molecule has 0 unspecified atom stereocenters. The quantitative estimate of drug-likeness (QED) is 0.649. The third kappa shape index (κ3) is 3.73. The lowest BCUT2D eigenvalue weighted by Crippen LogP contribution is -2.31. The predicted octanol–water partition coefficient (Wildman–Crippen LogP) is 3.85. The van der Waals surface area contributed by atoms with Crippen LogP contribution in [0, 0.1) is 0 Å². The molecule has 0 aliphatic heterocycles. The zero-order valence-electron chi connectivity index (χ0n) is 13.4. The minimum atomic E-state index is -3.78. The molecular formula is C17H18BrNO4S. The molecule has 0 heterocycles. The summed E-state index contributed by atoms with van der Waals surface area (Å²) in [5.41, 5.74) is 0.541. The van der Waals surface area contributed by atoms with E-state index in [1.807, 2.05) is 6.07 Å². The predicted molar refractivity (Wildman–Crippen MR) is 98.4 cm³/mol. The van der Waals surface area contributed by atoms with Crippen molar-refractivity contribution in [3.63, 3.8) is 0 Å². The molecule has 0 aromatic heterocycles. The van der Waals surface area contributed by atoms with Crippen LogP contribution in [0.2, 0.25) is 0 Å². The number of halogens is 1. The van der Waals surface area contributed by atoms with Crippen LogP contribution in [0.1, 0.15) is 0 Å². The highest BCUT2D eigenvalue weighted by atomic mass is 79.9. The SMILES string of the molecule is C=CCN(c1cccc(Br)c1)S(=O)(=O)c1ccc(OC)c(OC)c1. The summed E-state index contributed by atoms with van der Waals surface area (Å²) in [7, 11) is -0.825. The Hall–Kier alpha value is -1.99. The molecule has 2 aromatic rings. The molecule has 0 N–H and O–H groups in total. The zero-order valence-corrected chi connectivity index (χ0v) is 15.8. The highest BCUT2D eigenvalue weighted by Crippen LogP contribution is 2.32. The van der Waals surface area contributed by atoms with Crippen molar-refractivity contribution >= 4 is 31.6 Å². The Kier molecular flexibility index (Phi) is 5.90. The fourth-order valence-electron chi connectivity index (χ4n) is 2.20. The molecule has 0 aliphatic carbocycles. The molecular weight excluding hydrogens is 394 g/mol. The molecule has 128 valence electrons. The molecule has 0 radical (unpaired) electrons. The first-order chi connectivity index (χ1) is 11.4. The normalized spacial score (nSPS) is 11.0. The summed E-state index contributed by atoms with van der Waals surface area (Å²) in [5, 5.41) is 0. The van der Waals surface area contributed by atoms with Gasteiger partial charge in [0.1, 0.15) is 0 Å². The number of anilines is 1. The topological polar surface area (TPSA) is 55.8 Å². The first kappa shape index (κ1) is 18.4. The van der Waals surface area contributed by atoms with Gasteiger partial charge in [0.15, 0.2) is 11.5 Å². The Bertz CT molecular complexity index is 836. The molecule has 7 heteroatoms. The average Bonchev–Trinajstić information content (AvgIpc) is 2.58. The minimum absolute atomic E-state index is 0.113. The highest BCUT2D eigenvalue weighted by molar-refractivity contribution is 9.10. The lowest BCUT2D eigenvalue weighted by molar-refractivity contribution is 0.354. The van der Waals surface area contributed by atoms with Crippen molar-refractivity contribution in [2.24, 2.45) is 0 Å². The zero-order chi connectivity index (χ0) is 17.7. The first-order valence-corrected chi connectivity index (χ1v) is 9.28. The Morgan fingerprint density at radius 3 is 2.42 bits per heavy atom. The van der Waals surface area contributed by atoms with E-state index in [0.29, 0.717) is 17.2 Å². The van der Waals surface area contributed by atoms with E-state index in [1.54, 1.807) is 30.3 Å². The summed E-state index contributed by atoms with van der Waals surface area (Å²) in [4.78, 5) is 0.113. The maximum atomic E-state index is 13.1. The number of benzene rings is 2. The van der Waals surface area contributed by atoms with Crippen LogP contribution >= 0.6 is 15.9 Å². The monoisotopic (exact) mass is 411 g/mol. The van der Waals surface area contributed by atoms with E-state index in [2.05, 4.69) is 22.5 Å². The smallest absolute Gasteiger partial charge is 0.264 e. The molecule has 2 rings (SSSR count). The highest BCUT2D eigenvalue weighted by Gasteiger charge is 2.25. The molecule has 0 fully saturated rings. The van der Waals surface area contributed by atoms with Crippen molar-refractivity contribution in [1.29, 1.82) is 0 Å². The van der Waals surface area contributed by atoms with E-state index in [1.165, 1.54) is 30.7 Å². The van der Waals surface area contributed by atoms with Gasteiger partial charge in [0.05, 0.1) is 31.3 Å². The fraction of sp³-hybridized carbons (Fsp3) is 0.176. The van der Waals surface area contributed by atoms with Gasteiger partial charge in [-0.2, -0.15) is 0 Å². The van der Waals surface area contributed by atoms with Crippen LogP contribution in [-0.4, -0.2) is 29.2 Å². The third-order valence-corrected chi connectivity index (χ3v) is 5.62. The Morgan fingerprint density at radius 1 is 1.12 bits per heavy atom. The molecule has 0 saturated carbocycles. The number of hydrogen-bond acceptors (Lipinski definition) is 4. The Labute approximate surface area is 150 Å². The van der Waals surface area contributed by atoms with Gasteiger partial charge in [-0.05, 0) is 30.3 Å². The molecule has 0 amide bonds. The van der Waals surface area contributed by atoms with Crippen molar-refractivity contribution in [1.82, 2.24) is 0 Å². The van der Waals surface area contributed by atoms with Gasteiger partial charge in [-0.15, -0.1) is 6.58 Å². The summed E-state index contributed by atoms with van der Waals surface area (Å²) in [6, 6.07) is 11.6. The number of nitrogens with zero attached hydrogens (tertiary/aromatic N) is 1. The fourth-order valence-corrected chi connectivity index (χ4v) is 4.03. The second-order valence-electron chi connectivity index (χ2n) is 4.82. The molecule has 24 heavy (non-hydrogen) atoms. The Morgan fingerprint density at radius 2 is 1.83 bits per heavy atom. The standard InChI is InChI=1S/C17H18BrNO4S/c1-4-10-19(14-7-5-6-13(18)11-14)24(20,21)15-8-9-16(22-2)17(12-15)23-3/h4-9,11-12H,1,10H2,2-3H3. The van der Waals surface area contributed by atoms with Gasteiger partial charge in [0.2, 0.25) is 0 Å². The second-order valence-corrected chi connectivity index (χ2v) is 7.60. The van der Waals surface area contributed by atoms with Crippen LogP contribution in [0.25, 0.3) is 0 Å². The molecule has 0 spiro atoms. The molecule has 2 aromatic carbocycles. The summed E-state index contributed by atoms with van der Waals surface area (Å²) < 4.78 is 38.6. The van der Waals surface area contributed by atoms with E-state index >= 15 is 0 Å². The molecule has 0 saturated heterocycles. The number of sulfonamides is 1. The maximum Gasteiger partial charge on any atom is 0.264 e. The van der Waals surface area contributed by atoms with Gasteiger partial charge < -0.3 is 9.47 Å². The van der Waals surface area contributed by atoms with Crippen molar-refractivity contribution in [2.75, 3.05) is 25.1 Å². The lowest BCUT2D eigenvalue weighted by atomic mass is 10.3. The minimum Gasteiger partial charge on any atom is -0.493 e. The summed E-state index contributed by atoms with van der Waals surface area (Å²) in [6.07, 6.45) is 1.54. The van der Waals surface area contributed by atoms with Crippen LogP contribution < -0.4 is 13.8 Å². The van der Waals surface area contributed by atoms with E-state index < -0.39 is 10.0 Å². The van der Waals surface area contributed by atoms with Crippen LogP contribution in [-0.2, 0) is 10.0 Å². The number of methoxy groups -OCH3 is 2. The number of hydrogen-bond donors (Lipinski definition) is 0. The second kappa shape index (κ2) is 7.72. The van der Waals surface area contributed by atoms with Gasteiger partial charge in [0.25, 0.3) is 10.0 Å². The molecule has 0 bridgehead atoms. The van der Waals surface area contributed by atoms with Crippen LogP contribution in [0.5, 0.6) is 11.5 Å². The average molecular weight is 412 g/mol. The number of rotatable bonds is 7. The van der Waals surface area contributed by atoms with Crippen LogP contribution in [0.3, 0.4) is 0 Å². The summed E-state index contributed by atoms with van der Waals surface area (Å²) >= 11 is 3.36. The van der Waals surface area contributed by atoms with Gasteiger partial charge in [-0.25, -0.2) is 8.42 Å². The summed E-state index contributed by atoms with van der Waals surface area (Å²) in [5.74, 6) is 0.820. The van der Waals surface area contributed by atoms with Gasteiger partial charge in [-0.1, -0.05) is 28.1 Å². The van der Waals surface area contributed by atoms with E-state index in [4.69, 9.17) is 9.47 Å². The van der Waals surface area contributed by atoms with E-state index in [-0.39, 0.29) is 11.4 Å². The van der Waals surface area contributed by atoms with Gasteiger partial charge in [-0.3, -0.25) is 4.31 Å². The summed E-state index contributed by atoms with van der Waals surface area (Å²) in [6.45, 7) is 3.80. The van der Waals surface area contributed by atoms with Crippen molar-refractivity contribution in [3.8, 4) is 11.5 Å². The van der Waals surface area contributed by atoms with Crippen molar-refractivity contribution in [3.05, 3.63) is 59.6 Å². The van der Waals surface area contributed by atoms with Crippen LogP contribution in [0.4, 0.5) is 5.69 Å².